The predicted octanol–water partition coefficient (Wildman–Crippen LogP) is 4.35. The van der Waals surface area contributed by atoms with Crippen LogP contribution in [0.2, 0.25) is 0 Å². The van der Waals surface area contributed by atoms with Crippen LogP contribution in [0.15, 0.2) is 40.8 Å². The maximum absolute atomic E-state index is 13.6. The van der Waals surface area contributed by atoms with Crippen molar-refractivity contribution in [2.75, 3.05) is 19.7 Å². The number of amides is 2. The fourth-order valence-electron chi connectivity index (χ4n) is 3.82. The van der Waals surface area contributed by atoms with E-state index in [4.69, 9.17) is 9.15 Å². The maximum atomic E-state index is 13.6. The van der Waals surface area contributed by atoms with Gasteiger partial charge in [-0.15, -0.1) is 0 Å². The third-order valence-electron chi connectivity index (χ3n) is 5.38. The van der Waals surface area contributed by atoms with E-state index in [-0.39, 0.29) is 31.0 Å². The summed E-state index contributed by atoms with van der Waals surface area (Å²) >= 11 is 0. The summed E-state index contributed by atoms with van der Waals surface area (Å²) in [4.78, 5) is 30.3. The number of likely N-dealkylation sites (tertiary alicyclic amines) is 1. The zero-order chi connectivity index (χ0) is 22.0. The summed E-state index contributed by atoms with van der Waals surface area (Å²) in [7, 11) is 0. The first-order chi connectivity index (χ1) is 15.0. The Hall–Kier alpha value is -3.42. The van der Waals surface area contributed by atoms with Gasteiger partial charge in [0.1, 0.15) is 23.9 Å². The lowest BCUT2D eigenvalue weighted by Crippen LogP contribution is -2.42. The first kappa shape index (κ1) is 20.8. The van der Waals surface area contributed by atoms with Gasteiger partial charge in [-0.05, 0) is 67.6 Å². The lowest BCUT2D eigenvalue weighted by Gasteiger charge is -2.22. The Kier molecular flexibility index (Phi) is 5.88. The van der Waals surface area contributed by atoms with Crippen molar-refractivity contribution in [1.29, 1.82) is 0 Å². The largest absolute Gasteiger partial charge is 0.465 e. The number of ether oxygens (including phenoxy) is 1. The van der Waals surface area contributed by atoms with Crippen molar-refractivity contribution < 1.29 is 23.1 Å². The minimum atomic E-state index is -0.475. The quantitative estimate of drug-likeness (QED) is 0.615. The van der Waals surface area contributed by atoms with Crippen molar-refractivity contribution in [2.24, 2.45) is 0 Å². The number of esters is 1. The molecular weight excluding hydrogens is 401 g/mol. The molecule has 3 aromatic rings. The number of carbonyl (C=O) groups excluding carboxylic acids is 2. The van der Waals surface area contributed by atoms with Gasteiger partial charge in [0.05, 0.1) is 6.61 Å². The van der Waals surface area contributed by atoms with Crippen LogP contribution in [0.3, 0.4) is 0 Å². The number of aryl methyl sites for hydroxylation is 1. The van der Waals surface area contributed by atoms with Crippen LogP contribution in [-0.2, 0) is 9.53 Å². The smallest absolute Gasteiger partial charge is 0.325 e. The summed E-state index contributed by atoms with van der Waals surface area (Å²) in [5, 5.41) is 2.60. The number of fused-ring (bicyclic) bond motifs is 1. The molecule has 1 aliphatic heterocycles. The molecule has 2 heterocycles. The predicted molar refractivity (Wildman–Crippen MR) is 113 cm³/mol. The molecule has 2 amide bonds. The van der Waals surface area contributed by atoms with Crippen molar-refractivity contribution in [1.82, 2.24) is 15.2 Å². The second kappa shape index (κ2) is 8.75. The van der Waals surface area contributed by atoms with Gasteiger partial charge in [-0.1, -0.05) is 12.1 Å². The second-order valence-electron chi connectivity index (χ2n) is 7.51. The molecule has 1 aliphatic rings. The zero-order valence-electron chi connectivity index (χ0n) is 17.5. The number of aromatic nitrogens is 1. The van der Waals surface area contributed by atoms with Crippen molar-refractivity contribution >= 4 is 23.1 Å². The van der Waals surface area contributed by atoms with Gasteiger partial charge in [0, 0.05) is 6.54 Å². The Morgan fingerprint density at radius 2 is 2.03 bits per heavy atom. The molecule has 0 aliphatic carbocycles. The number of urea groups is 1. The maximum Gasteiger partial charge on any atom is 0.325 e. The fraction of sp³-hybridized carbons (Fsp3) is 0.348. The number of halogens is 1. The molecular formula is C23H24FN3O4. The molecule has 1 N–H and O–H groups in total. The molecule has 162 valence electrons. The first-order valence-electron chi connectivity index (χ1n) is 10.3. The third kappa shape index (κ3) is 4.38. The fourth-order valence-corrected chi connectivity index (χ4v) is 3.82. The lowest BCUT2D eigenvalue weighted by molar-refractivity contribution is -0.141. The van der Waals surface area contributed by atoms with Crippen molar-refractivity contribution in [3.8, 4) is 11.1 Å². The molecule has 0 radical (unpaired) electrons. The van der Waals surface area contributed by atoms with E-state index < -0.39 is 5.97 Å². The normalized spacial score (nSPS) is 16.0. The van der Waals surface area contributed by atoms with E-state index in [1.54, 1.807) is 30.9 Å². The summed E-state index contributed by atoms with van der Waals surface area (Å²) in [5.41, 5.74) is 3.68. The summed E-state index contributed by atoms with van der Waals surface area (Å²) in [6.45, 7) is 4.09. The lowest BCUT2D eigenvalue weighted by atomic mass is 10.0. The SMILES string of the molecule is CCOC(=O)CNC(=O)N1CCCC1c1nc2cc(-c3ccc(F)c(C)c3)ccc2o1. The molecule has 7 nitrogen and oxygen atoms in total. The molecule has 1 unspecified atom stereocenters. The van der Waals surface area contributed by atoms with Gasteiger partial charge in [-0.25, -0.2) is 14.2 Å². The van der Waals surface area contributed by atoms with E-state index in [9.17, 15) is 14.0 Å². The van der Waals surface area contributed by atoms with Gasteiger partial charge < -0.3 is 19.4 Å². The highest BCUT2D eigenvalue weighted by Crippen LogP contribution is 2.34. The first-order valence-corrected chi connectivity index (χ1v) is 10.3. The van der Waals surface area contributed by atoms with Crippen molar-refractivity contribution in [3.63, 3.8) is 0 Å². The Morgan fingerprint density at radius 3 is 2.81 bits per heavy atom. The van der Waals surface area contributed by atoms with Crippen LogP contribution in [0.25, 0.3) is 22.2 Å². The molecule has 31 heavy (non-hydrogen) atoms. The van der Waals surface area contributed by atoms with Gasteiger partial charge >= 0.3 is 12.0 Å². The van der Waals surface area contributed by atoms with Gasteiger partial charge in [0.25, 0.3) is 0 Å². The van der Waals surface area contributed by atoms with E-state index in [1.165, 1.54) is 6.07 Å². The van der Waals surface area contributed by atoms with Gasteiger partial charge in [0.2, 0.25) is 5.89 Å². The number of rotatable bonds is 5. The van der Waals surface area contributed by atoms with Gasteiger partial charge in [0.15, 0.2) is 5.58 Å². The third-order valence-corrected chi connectivity index (χ3v) is 5.38. The highest BCUT2D eigenvalue weighted by Gasteiger charge is 2.33. The highest BCUT2D eigenvalue weighted by molar-refractivity contribution is 5.82. The van der Waals surface area contributed by atoms with Crippen LogP contribution in [0.4, 0.5) is 9.18 Å². The molecule has 1 atom stereocenters. The highest BCUT2D eigenvalue weighted by atomic mass is 19.1. The number of benzene rings is 2. The monoisotopic (exact) mass is 425 g/mol. The molecule has 4 rings (SSSR count). The number of hydrogen-bond acceptors (Lipinski definition) is 5. The van der Waals surface area contributed by atoms with Gasteiger partial charge in [-0.2, -0.15) is 0 Å². The minimum Gasteiger partial charge on any atom is -0.465 e. The summed E-state index contributed by atoms with van der Waals surface area (Å²) in [6.07, 6.45) is 1.54. The Balaban J connectivity index is 1.54. The molecule has 0 bridgehead atoms. The van der Waals surface area contributed by atoms with Crippen molar-refractivity contribution in [2.45, 2.75) is 32.7 Å². The standard InChI is InChI=1S/C23H24FN3O4/c1-3-30-21(28)13-25-23(29)27-10-4-5-19(27)22-26-18-12-16(7-9-20(18)31-22)15-6-8-17(24)14(2)11-15/h6-9,11-12,19H,3-5,10,13H2,1-2H3,(H,25,29). The van der Waals surface area contributed by atoms with Crippen LogP contribution in [0, 0.1) is 12.7 Å². The second-order valence-corrected chi connectivity index (χ2v) is 7.51. The van der Waals surface area contributed by atoms with E-state index >= 15 is 0 Å². The van der Waals surface area contributed by atoms with Crippen LogP contribution < -0.4 is 5.32 Å². The summed E-state index contributed by atoms with van der Waals surface area (Å²) in [5.74, 6) is -0.251. The Bertz CT molecular complexity index is 1130. The number of nitrogens with one attached hydrogen (secondary N) is 1. The summed E-state index contributed by atoms with van der Waals surface area (Å²) in [6, 6.07) is 9.97. The topological polar surface area (TPSA) is 84.7 Å². The van der Waals surface area contributed by atoms with E-state index in [2.05, 4.69) is 10.3 Å². The zero-order valence-corrected chi connectivity index (χ0v) is 17.5. The Labute approximate surface area is 179 Å². The molecule has 0 spiro atoms. The molecule has 0 saturated carbocycles. The number of hydrogen-bond donors (Lipinski definition) is 1. The number of oxazole rings is 1. The van der Waals surface area contributed by atoms with Crippen LogP contribution >= 0.6 is 0 Å². The molecule has 1 fully saturated rings. The van der Waals surface area contributed by atoms with E-state index in [0.717, 1.165) is 24.0 Å². The van der Waals surface area contributed by atoms with Crippen LogP contribution in [0.1, 0.15) is 37.3 Å². The number of nitrogens with zero attached hydrogens (tertiary/aromatic N) is 2. The molecule has 1 aromatic heterocycles. The van der Waals surface area contributed by atoms with E-state index in [0.29, 0.717) is 29.1 Å². The van der Waals surface area contributed by atoms with Crippen molar-refractivity contribution in [3.05, 3.63) is 53.7 Å². The van der Waals surface area contributed by atoms with E-state index in [1.807, 2.05) is 18.2 Å². The van der Waals surface area contributed by atoms with Crippen LogP contribution in [0.5, 0.6) is 0 Å². The number of carbonyl (C=O) groups is 2. The Morgan fingerprint density at radius 1 is 1.26 bits per heavy atom. The average molecular weight is 425 g/mol. The van der Waals surface area contributed by atoms with Gasteiger partial charge in [-0.3, -0.25) is 4.79 Å². The average Bonchev–Trinajstić information content (AvgIpc) is 3.40. The minimum absolute atomic E-state index is 0.177. The summed E-state index contributed by atoms with van der Waals surface area (Å²) < 4.78 is 24.4. The molecule has 8 heteroatoms. The molecule has 1 saturated heterocycles. The van der Waals surface area contributed by atoms with Crippen LogP contribution in [-0.4, -0.2) is 41.6 Å². The molecule has 2 aromatic carbocycles.